The van der Waals surface area contributed by atoms with Crippen LogP contribution >= 0.6 is 0 Å². The average Bonchev–Trinajstić information content (AvgIpc) is 3.20. The van der Waals surface area contributed by atoms with Crippen molar-refractivity contribution in [2.45, 2.75) is 40.5 Å². The van der Waals surface area contributed by atoms with E-state index < -0.39 is 0 Å². The predicted molar refractivity (Wildman–Crippen MR) is 128 cm³/mol. The summed E-state index contributed by atoms with van der Waals surface area (Å²) in [5, 5.41) is 1.10. The number of benzene rings is 1. The summed E-state index contributed by atoms with van der Waals surface area (Å²) in [6, 6.07) is 8.02. The summed E-state index contributed by atoms with van der Waals surface area (Å²) in [6.07, 6.45) is 14.8. The highest BCUT2D eigenvalue weighted by Gasteiger charge is 2.04. The van der Waals surface area contributed by atoms with Gasteiger partial charge in [-0.3, -0.25) is 9.59 Å². The maximum atomic E-state index is 12.3. The number of unbranched alkanes of at least 4 members (excludes halogenated alkanes) is 1. The van der Waals surface area contributed by atoms with Crippen LogP contribution in [0.3, 0.4) is 0 Å². The number of ketones is 1. The minimum atomic E-state index is -0.0358. The monoisotopic (exact) mass is 423 g/mol. The standard InChI is InChI=1S/C21H23NO2.C5H10O2/c1-4-6-9-18(24-5-2)14-16(3)21(23)13-12-17-15-22-20-11-8-7-10-19(17)20;1-2-3-4-7-5-6/h4,6-15,22H,5H2,1-3H3;5H,2-4H2,1H3/b6-4-,13-12+,16-14+,18-9+;. The van der Waals surface area contributed by atoms with E-state index in [0.717, 1.165) is 29.3 Å². The summed E-state index contributed by atoms with van der Waals surface area (Å²) in [5.41, 5.74) is 2.70. The topological polar surface area (TPSA) is 68.4 Å². The average molecular weight is 424 g/mol. The van der Waals surface area contributed by atoms with Crippen molar-refractivity contribution in [3.8, 4) is 0 Å². The Balaban J connectivity index is 0.000000592. The first-order chi connectivity index (χ1) is 15.1. The van der Waals surface area contributed by atoms with Crippen molar-refractivity contribution in [2.75, 3.05) is 13.2 Å². The Morgan fingerprint density at radius 1 is 1.19 bits per heavy atom. The Morgan fingerprint density at radius 2 is 1.97 bits per heavy atom. The summed E-state index contributed by atoms with van der Waals surface area (Å²) < 4.78 is 9.92. The van der Waals surface area contributed by atoms with Gasteiger partial charge in [0.05, 0.1) is 13.2 Å². The van der Waals surface area contributed by atoms with Gasteiger partial charge in [-0.15, -0.1) is 0 Å². The number of rotatable bonds is 11. The van der Waals surface area contributed by atoms with Crippen LogP contribution in [0.2, 0.25) is 0 Å². The Labute approximate surface area is 185 Å². The van der Waals surface area contributed by atoms with E-state index in [0.29, 0.717) is 31.0 Å². The Bertz CT molecular complexity index is 932. The molecule has 0 atom stereocenters. The van der Waals surface area contributed by atoms with Crippen LogP contribution in [-0.4, -0.2) is 30.5 Å². The molecule has 2 rings (SSSR count). The number of fused-ring (bicyclic) bond motifs is 1. The lowest BCUT2D eigenvalue weighted by Gasteiger charge is -2.04. The number of allylic oxidation sites excluding steroid dienone is 6. The normalized spacial score (nSPS) is 12.1. The molecule has 0 bridgehead atoms. The Hall–Kier alpha value is -3.34. The van der Waals surface area contributed by atoms with E-state index in [1.165, 1.54) is 0 Å². The molecule has 0 saturated heterocycles. The van der Waals surface area contributed by atoms with Gasteiger partial charge in [0.25, 0.3) is 6.47 Å². The molecular weight excluding hydrogens is 390 g/mol. The van der Waals surface area contributed by atoms with Crippen molar-refractivity contribution in [3.05, 3.63) is 77.7 Å². The van der Waals surface area contributed by atoms with Crippen molar-refractivity contribution in [3.63, 3.8) is 0 Å². The summed E-state index contributed by atoms with van der Waals surface area (Å²) in [5.74, 6) is 0.647. The van der Waals surface area contributed by atoms with Crippen molar-refractivity contribution in [2.24, 2.45) is 0 Å². The molecule has 166 valence electrons. The lowest BCUT2D eigenvalue weighted by molar-refractivity contribution is -0.128. The number of hydrogen-bond acceptors (Lipinski definition) is 4. The molecule has 0 saturated carbocycles. The molecule has 1 aromatic carbocycles. The van der Waals surface area contributed by atoms with Gasteiger partial charge in [0, 0.05) is 22.7 Å². The fourth-order valence-corrected chi connectivity index (χ4v) is 2.58. The van der Waals surface area contributed by atoms with Crippen LogP contribution in [0.15, 0.2) is 72.2 Å². The van der Waals surface area contributed by atoms with Crippen LogP contribution in [-0.2, 0) is 19.1 Å². The summed E-state index contributed by atoms with van der Waals surface area (Å²) in [6.45, 7) is 9.32. The molecule has 0 amide bonds. The molecule has 5 nitrogen and oxygen atoms in total. The second kappa shape index (κ2) is 15.5. The smallest absolute Gasteiger partial charge is 0.293 e. The summed E-state index contributed by atoms with van der Waals surface area (Å²) >= 11 is 0. The lowest BCUT2D eigenvalue weighted by Crippen LogP contribution is -1.97. The van der Waals surface area contributed by atoms with Gasteiger partial charge in [0.1, 0.15) is 5.76 Å². The molecule has 0 fully saturated rings. The number of para-hydroxylation sites is 1. The second-order valence-corrected chi connectivity index (χ2v) is 6.66. The molecule has 0 aliphatic rings. The fraction of sp³-hybridized carbons (Fsp3) is 0.308. The third-order valence-corrected chi connectivity index (χ3v) is 4.23. The molecule has 1 aromatic heterocycles. The number of carbonyl (C=O) groups excluding carboxylic acids is 2. The maximum absolute atomic E-state index is 12.3. The van der Waals surface area contributed by atoms with Gasteiger partial charge in [-0.2, -0.15) is 0 Å². The first-order valence-electron chi connectivity index (χ1n) is 10.5. The minimum Gasteiger partial charge on any atom is -0.494 e. The molecule has 2 aromatic rings. The molecule has 0 radical (unpaired) electrons. The molecule has 1 N–H and O–H groups in total. The number of carbonyl (C=O) groups is 2. The second-order valence-electron chi connectivity index (χ2n) is 6.66. The molecule has 5 heteroatoms. The van der Waals surface area contributed by atoms with Gasteiger partial charge in [-0.25, -0.2) is 0 Å². The van der Waals surface area contributed by atoms with Gasteiger partial charge in [-0.05, 0) is 63.1 Å². The summed E-state index contributed by atoms with van der Waals surface area (Å²) in [7, 11) is 0. The van der Waals surface area contributed by atoms with Crippen LogP contribution in [0.4, 0.5) is 0 Å². The molecule has 0 aliphatic carbocycles. The van der Waals surface area contributed by atoms with Crippen molar-refractivity contribution >= 4 is 29.2 Å². The van der Waals surface area contributed by atoms with E-state index in [1.54, 1.807) is 19.1 Å². The van der Waals surface area contributed by atoms with E-state index in [-0.39, 0.29) is 5.78 Å². The number of H-pyrrole nitrogens is 1. The SMILES string of the molecule is CCCCOC=O.C\C=C/C=C(\C=C(/C)C(=O)/C=C/c1c[nH]c2ccccc12)OCC. The van der Waals surface area contributed by atoms with E-state index >= 15 is 0 Å². The molecule has 1 heterocycles. The number of aromatic nitrogens is 1. The summed E-state index contributed by atoms with van der Waals surface area (Å²) in [4.78, 5) is 25.0. The first-order valence-corrected chi connectivity index (χ1v) is 10.5. The molecular formula is C26H33NO4. The van der Waals surface area contributed by atoms with Crippen molar-refractivity contribution < 1.29 is 19.1 Å². The first kappa shape index (κ1) is 25.7. The Kier molecular flexibility index (Phi) is 12.8. The molecule has 31 heavy (non-hydrogen) atoms. The van der Waals surface area contributed by atoms with E-state index in [1.807, 2.05) is 75.5 Å². The Morgan fingerprint density at radius 3 is 2.65 bits per heavy atom. The zero-order valence-corrected chi connectivity index (χ0v) is 18.9. The molecule has 0 aliphatic heterocycles. The van der Waals surface area contributed by atoms with Crippen molar-refractivity contribution in [1.29, 1.82) is 0 Å². The third kappa shape index (κ3) is 9.81. The highest BCUT2D eigenvalue weighted by molar-refractivity contribution is 6.07. The van der Waals surface area contributed by atoms with E-state index in [9.17, 15) is 9.59 Å². The third-order valence-electron chi connectivity index (χ3n) is 4.23. The molecule has 0 unspecified atom stereocenters. The van der Waals surface area contributed by atoms with Gasteiger partial charge in [0.2, 0.25) is 0 Å². The highest BCUT2D eigenvalue weighted by atomic mass is 16.5. The lowest BCUT2D eigenvalue weighted by atomic mass is 10.1. The van der Waals surface area contributed by atoms with Gasteiger partial charge in [0.15, 0.2) is 5.78 Å². The van der Waals surface area contributed by atoms with Crippen LogP contribution in [0.25, 0.3) is 17.0 Å². The number of aromatic amines is 1. The van der Waals surface area contributed by atoms with Gasteiger partial charge in [-0.1, -0.05) is 43.7 Å². The van der Waals surface area contributed by atoms with Crippen molar-refractivity contribution in [1.82, 2.24) is 4.98 Å². The molecule has 0 spiro atoms. The van der Waals surface area contributed by atoms with Crippen LogP contribution < -0.4 is 0 Å². The quantitative estimate of drug-likeness (QED) is 0.155. The zero-order chi connectivity index (χ0) is 22.9. The predicted octanol–water partition coefficient (Wildman–Crippen LogP) is 6.15. The largest absolute Gasteiger partial charge is 0.494 e. The number of hydrogen-bond donors (Lipinski definition) is 1. The maximum Gasteiger partial charge on any atom is 0.293 e. The number of ether oxygens (including phenoxy) is 2. The van der Waals surface area contributed by atoms with E-state index in [4.69, 9.17) is 4.74 Å². The zero-order valence-electron chi connectivity index (χ0n) is 18.9. The van der Waals surface area contributed by atoms with Crippen LogP contribution in [0.1, 0.15) is 46.1 Å². The minimum absolute atomic E-state index is 0.0358. The van der Waals surface area contributed by atoms with Gasteiger partial charge < -0.3 is 14.5 Å². The number of nitrogens with one attached hydrogen (secondary N) is 1. The fourth-order valence-electron chi connectivity index (χ4n) is 2.58. The van der Waals surface area contributed by atoms with Crippen LogP contribution in [0, 0.1) is 0 Å². The highest BCUT2D eigenvalue weighted by Crippen LogP contribution is 2.19. The van der Waals surface area contributed by atoms with Crippen LogP contribution in [0.5, 0.6) is 0 Å². The van der Waals surface area contributed by atoms with Gasteiger partial charge >= 0.3 is 0 Å². The van der Waals surface area contributed by atoms with E-state index in [2.05, 4.69) is 9.72 Å².